The number of alkyl halides is 3. The standard InChI is InChI=1S/C29H25F4N5O4/c1-27(26(34)40)13-42-24-20(27)10-21(37-23(24)15-4-6-18(30)7-5-15)28(41,29(31,32)33)12-35-25(39)16-8-17-11-36-38-22(17)19(9-16)14-2-3-14/h4-11,14,41H,2-3,12-13H2,1H3,(H2,34,40)(H,35,39)(H,36,38)/t27-,28?/m0/s1. The van der Waals surface area contributed by atoms with Crippen LogP contribution in [0.5, 0.6) is 5.75 Å². The number of aromatic nitrogens is 3. The number of fused-ring (bicyclic) bond motifs is 2. The number of benzene rings is 2. The molecule has 9 nitrogen and oxygen atoms in total. The summed E-state index contributed by atoms with van der Waals surface area (Å²) in [6, 6.07) is 8.76. The van der Waals surface area contributed by atoms with E-state index in [9.17, 15) is 32.3 Å². The maximum Gasteiger partial charge on any atom is 0.424 e. The summed E-state index contributed by atoms with van der Waals surface area (Å²) in [5.41, 5.74) is 1.19. The van der Waals surface area contributed by atoms with Gasteiger partial charge in [-0.2, -0.15) is 18.3 Å². The zero-order valence-corrected chi connectivity index (χ0v) is 22.2. The summed E-state index contributed by atoms with van der Waals surface area (Å²) >= 11 is 0. The van der Waals surface area contributed by atoms with Crippen molar-refractivity contribution in [3.63, 3.8) is 0 Å². The normalized spacial score (nSPS) is 19.7. The topological polar surface area (TPSA) is 143 Å². The largest absolute Gasteiger partial charge is 0.489 e. The van der Waals surface area contributed by atoms with Gasteiger partial charge in [-0.3, -0.25) is 14.7 Å². The maximum atomic E-state index is 14.7. The molecule has 2 aromatic carbocycles. The molecule has 2 aliphatic rings. The monoisotopic (exact) mass is 583 g/mol. The fourth-order valence-electron chi connectivity index (χ4n) is 5.18. The summed E-state index contributed by atoms with van der Waals surface area (Å²) in [5, 5.41) is 21.0. The Balaban J connectivity index is 1.41. The Morgan fingerprint density at radius 2 is 1.90 bits per heavy atom. The number of amides is 2. The van der Waals surface area contributed by atoms with E-state index in [0.717, 1.165) is 42.1 Å². The molecule has 2 atom stereocenters. The number of rotatable bonds is 7. The molecule has 3 heterocycles. The minimum Gasteiger partial charge on any atom is -0.489 e. The molecule has 1 unspecified atom stereocenters. The number of hydrogen-bond donors (Lipinski definition) is 4. The van der Waals surface area contributed by atoms with Gasteiger partial charge in [-0.1, -0.05) is 0 Å². The highest BCUT2D eigenvalue weighted by Gasteiger charge is 2.57. The Kier molecular flexibility index (Phi) is 6.26. The molecule has 5 N–H and O–H groups in total. The van der Waals surface area contributed by atoms with E-state index in [4.69, 9.17) is 10.5 Å². The lowest BCUT2D eigenvalue weighted by Crippen LogP contribution is -2.51. The van der Waals surface area contributed by atoms with Gasteiger partial charge in [0, 0.05) is 22.1 Å². The number of hydrogen-bond acceptors (Lipinski definition) is 6. The van der Waals surface area contributed by atoms with Crippen LogP contribution in [0, 0.1) is 5.82 Å². The number of nitrogens with zero attached hydrogens (tertiary/aromatic N) is 2. The first kappa shape index (κ1) is 27.6. The molecule has 13 heteroatoms. The fraction of sp³-hybridized carbons (Fsp3) is 0.310. The number of H-pyrrole nitrogens is 1. The number of aliphatic hydroxyl groups is 1. The van der Waals surface area contributed by atoms with E-state index >= 15 is 0 Å². The van der Waals surface area contributed by atoms with Gasteiger partial charge in [-0.15, -0.1) is 0 Å². The zero-order valence-electron chi connectivity index (χ0n) is 22.2. The lowest BCUT2D eigenvalue weighted by molar-refractivity contribution is -0.265. The average Bonchev–Trinajstić information content (AvgIpc) is 3.58. The van der Waals surface area contributed by atoms with E-state index in [1.165, 1.54) is 31.3 Å². The van der Waals surface area contributed by atoms with Crippen molar-refractivity contribution in [2.75, 3.05) is 13.2 Å². The molecular formula is C29H25F4N5O4. The van der Waals surface area contributed by atoms with Gasteiger partial charge in [0.1, 0.15) is 29.3 Å². The van der Waals surface area contributed by atoms with Crippen molar-refractivity contribution in [2.45, 2.75) is 42.9 Å². The summed E-state index contributed by atoms with van der Waals surface area (Å²) in [4.78, 5) is 29.6. The number of pyridine rings is 1. The molecule has 0 bridgehead atoms. The number of ether oxygens (including phenoxy) is 1. The Morgan fingerprint density at radius 1 is 1.19 bits per heavy atom. The highest BCUT2D eigenvalue weighted by Crippen LogP contribution is 2.48. The number of halogens is 4. The van der Waals surface area contributed by atoms with Gasteiger partial charge in [0.25, 0.3) is 5.91 Å². The highest BCUT2D eigenvalue weighted by molar-refractivity contribution is 5.99. The lowest BCUT2D eigenvalue weighted by atomic mass is 9.81. The quantitative estimate of drug-likeness (QED) is 0.243. The minimum absolute atomic E-state index is 0.0127. The highest BCUT2D eigenvalue weighted by atomic mass is 19.4. The summed E-state index contributed by atoms with van der Waals surface area (Å²) < 4.78 is 63.3. The van der Waals surface area contributed by atoms with Gasteiger partial charge >= 0.3 is 6.18 Å². The smallest absolute Gasteiger partial charge is 0.424 e. The SMILES string of the molecule is C[C@]1(C(N)=O)COc2c1cc(C(O)(CNC(=O)c1cc(C3CC3)c3[nH]ncc3c1)C(F)(F)F)nc2-c1ccc(F)cc1. The first-order valence-electron chi connectivity index (χ1n) is 13.1. The molecule has 2 amide bonds. The molecule has 4 aromatic rings. The third-order valence-electron chi connectivity index (χ3n) is 7.99. The second kappa shape index (κ2) is 9.51. The Morgan fingerprint density at radius 3 is 2.55 bits per heavy atom. The third kappa shape index (κ3) is 4.44. The zero-order chi connectivity index (χ0) is 30.0. The number of carbonyl (C=O) groups is 2. The van der Waals surface area contributed by atoms with Gasteiger partial charge in [-0.25, -0.2) is 9.37 Å². The van der Waals surface area contributed by atoms with Crippen molar-refractivity contribution in [1.82, 2.24) is 20.5 Å². The summed E-state index contributed by atoms with van der Waals surface area (Å²) in [6.45, 7) is -0.171. The molecule has 1 saturated carbocycles. The van der Waals surface area contributed by atoms with Crippen molar-refractivity contribution in [2.24, 2.45) is 5.73 Å². The predicted octanol–water partition coefficient (Wildman–Crippen LogP) is 3.96. The number of nitrogens with two attached hydrogens (primary N) is 1. The summed E-state index contributed by atoms with van der Waals surface area (Å²) in [5.74, 6) is -2.10. The van der Waals surface area contributed by atoms with Gasteiger partial charge in [0.2, 0.25) is 11.5 Å². The van der Waals surface area contributed by atoms with Gasteiger partial charge in [0.15, 0.2) is 0 Å². The molecule has 0 spiro atoms. The fourth-order valence-corrected chi connectivity index (χ4v) is 5.18. The van der Waals surface area contributed by atoms with Gasteiger partial charge < -0.3 is 20.9 Å². The van der Waals surface area contributed by atoms with Crippen LogP contribution in [0.2, 0.25) is 0 Å². The van der Waals surface area contributed by atoms with Crippen molar-refractivity contribution in [3.05, 3.63) is 76.9 Å². The van der Waals surface area contributed by atoms with E-state index < -0.39 is 47.1 Å². The molecule has 2 aromatic heterocycles. The van der Waals surface area contributed by atoms with Crippen molar-refractivity contribution < 1.29 is 37.0 Å². The molecule has 6 rings (SSSR count). The van der Waals surface area contributed by atoms with Crippen LogP contribution in [-0.4, -0.2) is 51.4 Å². The van der Waals surface area contributed by atoms with Crippen LogP contribution < -0.4 is 15.8 Å². The van der Waals surface area contributed by atoms with E-state index in [-0.39, 0.29) is 40.7 Å². The van der Waals surface area contributed by atoms with Crippen molar-refractivity contribution in [3.8, 4) is 17.0 Å². The lowest BCUT2D eigenvalue weighted by Gasteiger charge is -2.31. The predicted molar refractivity (Wildman–Crippen MR) is 142 cm³/mol. The number of nitrogens with one attached hydrogen (secondary N) is 2. The number of primary amides is 1. The Labute approximate surface area is 236 Å². The first-order chi connectivity index (χ1) is 19.8. The Hall–Kier alpha value is -4.52. The van der Waals surface area contributed by atoms with E-state index in [1.54, 1.807) is 6.07 Å². The van der Waals surface area contributed by atoms with Crippen LogP contribution in [-0.2, 0) is 15.8 Å². The van der Waals surface area contributed by atoms with Crippen LogP contribution in [0.3, 0.4) is 0 Å². The van der Waals surface area contributed by atoms with E-state index in [2.05, 4.69) is 20.5 Å². The molecule has 42 heavy (non-hydrogen) atoms. The number of aromatic amines is 1. The molecule has 1 fully saturated rings. The van der Waals surface area contributed by atoms with Crippen LogP contribution in [0.25, 0.3) is 22.2 Å². The molecule has 0 radical (unpaired) electrons. The van der Waals surface area contributed by atoms with Crippen LogP contribution in [0.1, 0.15) is 52.9 Å². The third-order valence-corrected chi connectivity index (χ3v) is 7.99. The molecule has 1 aliphatic carbocycles. The van der Waals surface area contributed by atoms with Crippen molar-refractivity contribution in [1.29, 1.82) is 0 Å². The van der Waals surface area contributed by atoms with Gasteiger partial charge in [-0.05, 0) is 73.7 Å². The van der Waals surface area contributed by atoms with Gasteiger partial charge in [0.05, 0.1) is 24.0 Å². The first-order valence-corrected chi connectivity index (χ1v) is 13.1. The average molecular weight is 584 g/mol. The molecular weight excluding hydrogens is 558 g/mol. The van der Waals surface area contributed by atoms with Crippen LogP contribution in [0.4, 0.5) is 17.6 Å². The maximum absolute atomic E-state index is 14.7. The molecule has 0 saturated heterocycles. The second-order valence-corrected chi connectivity index (χ2v) is 10.9. The summed E-state index contributed by atoms with van der Waals surface area (Å²) in [6.07, 6.45) is -1.96. The van der Waals surface area contributed by atoms with Crippen LogP contribution >= 0.6 is 0 Å². The molecule has 1 aliphatic heterocycles. The number of carbonyl (C=O) groups excluding carboxylic acids is 2. The van der Waals surface area contributed by atoms with E-state index in [1.807, 2.05) is 0 Å². The minimum atomic E-state index is -5.32. The Bertz CT molecular complexity index is 1730. The summed E-state index contributed by atoms with van der Waals surface area (Å²) in [7, 11) is 0. The molecule has 218 valence electrons. The van der Waals surface area contributed by atoms with Crippen LogP contribution in [0.15, 0.2) is 48.7 Å². The van der Waals surface area contributed by atoms with E-state index in [0.29, 0.717) is 5.39 Å². The second-order valence-electron chi connectivity index (χ2n) is 10.9. The van der Waals surface area contributed by atoms with Crippen molar-refractivity contribution >= 4 is 22.7 Å².